The van der Waals surface area contributed by atoms with Gasteiger partial charge in [0.1, 0.15) is 0 Å². The Hall–Kier alpha value is -1.55. The van der Waals surface area contributed by atoms with E-state index in [1.165, 1.54) is 5.56 Å². The summed E-state index contributed by atoms with van der Waals surface area (Å²) in [5.74, 6) is 0.369. The van der Waals surface area contributed by atoms with Crippen LogP contribution in [0, 0.1) is 4.77 Å². The van der Waals surface area contributed by atoms with Crippen LogP contribution >= 0.6 is 12.2 Å². The second-order valence-corrected chi connectivity index (χ2v) is 5.06. The Bertz CT molecular complexity index is 613. The lowest BCUT2D eigenvalue weighted by Gasteiger charge is -2.05. The van der Waals surface area contributed by atoms with Crippen LogP contribution in [0.3, 0.4) is 0 Å². The first-order valence-electron chi connectivity index (χ1n) is 6.32. The molecular formula is C14H16N2OS. The Morgan fingerprint density at radius 2 is 2.00 bits per heavy atom. The fourth-order valence-electron chi connectivity index (χ4n) is 2.60. The Kier molecular flexibility index (Phi) is 2.96. The van der Waals surface area contributed by atoms with Crippen molar-refractivity contribution in [3.63, 3.8) is 0 Å². The normalized spacial score (nSPS) is 13.8. The Morgan fingerprint density at radius 1 is 1.22 bits per heavy atom. The van der Waals surface area contributed by atoms with Crippen molar-refractivity contribution in [1.29, 1.82) is 0 Å². The summed E-state index contributed by atoms with van der Waals surface area (Å²) in [7, 11) is 0. The van der Waals surface area contributed by atoms with Crippen molar-refractivity contribution in [1.82, 2.24) is 9.13 Å². The highest BCUT2D eigenvalue weighted by Gasteiger charge is 2.20. The lowest BCUT2D eigenvalue weighted by atomic mass is 10.1. The van der Waals surface area contributed by atoms with Gasteiger partial charge in [-0.25, -0.2) is 0 Å². The first-order valence-corrected chi connectivity index (χ1v) is 6.73. The number of benzene rings is 1. The minimum Gasteiger partial charge on any atom is -0.493 e. The van der Waals surface area contributed by atoms with Crippen LogP contribution in [0.5, 0.6) is 5.88 Å². The third-order valence-electron chi connectivity index (χ3n) is 3.56. The topological polar surface area (TPSA) is 30.1 Å². The SMILES string of the molecule is Oc1c2n(c(=S)n1CCc1ccccc1)CCC2. The van der Waals surface area contributed by atoms with Crippen LogP contribution in [0.2, 0.25) is 0 Å². The zero-order valence-corrected chi connectivity index (χ0v) is 11.0. The summed E-state index contributed by atoms with van der Waals surface area (Å²) in [6.07, 6.45) is 2.92. The van der Waals surface area contributed by atoms with E-state index in [0.717, 1.165) is 42.8 Å². The molecule has 0 unspecified atom stereocenters. The van der Waals surface area contributed by atoms with Crippen LogP contribution in [0.1, 0.15) is 17.7 Å². The first-order chi connectivity index (χ1) is 8.77. The van der Waals surface area contributed by atoms with Crippen LogP contribution in [-0.4, -0.2) is 14.2 Å². The Morgan fingerprint density at radius 3 is 2.72 bits per heavy atom. The van der Waals surface area contributed by atoms with Gasteiger partial charge in [-0.2, -0.15) is 0 Å². The summed E-state index contributed by atoms with van der Waals surface area (Å²) in [5, 5.41) is 10.2. The maximum absolute atomic E-state index is 10.2. The predicted molar refractivity (Wildman–Crippen MR) is 73.4 cm³/mol. The number of aromatic hydroxyl groups is 1. The van der Waals surface area contributed by atoms with Gasteiger partial charge in [-0.1, -0.05) is 30.3 Å². The monoisotopic (exact) mass is 260 g/mol. The number of fused-ring (bicyclic) bond motifs is 1. The molecule has 0 radical (unpaired) electrons. The number of hydrogen-bond donors (Lipinski definition) is 1. The molecule has 1 aromatic heterocycles. The van der Waals surface area contributed by atoms with Gasteiger partial charge in [-0.15, -0.1) is 0 Å². The number of aryl methyl sites for hydroxylation is 1. The molecule has 0 amide bonds. The van der Waals surface area contributed by atoms with Gasteiger partial charge in [-0.05, 0) is 37.0 Å². The van der Waals surface area contributed by atoms with Gasteiger partial charge in [0.2, 0.25) is 5.88 Å². The molecule has 2 aromatic rings. The van der Waals surface area contributed by atoms with Crippen molar-refractivity contribution >= 4 is 12.2 Å². The van der Waals surface area contributed by atoms with Crippen molar-refractivity contribution in [3.05, 3.63) is 46.4 Å². The van der Waals surface area contributed by atoms with Gasteiger partial charge in [0, 0.05) is 13.1 Å². The number of rotatable bonds is 3. The molecule has 0 saturated carbocycles. The van der Waals surface area contributed by atoms with E-state index in [4.69, 9.17) is 12.2 Å². The van der Waals surface area contributed by atoms with E-state index in [1.54, 1.807) is 0 Å². The summed E-state index contributed by atoms with van der Waals surface area (Å²) >= 11 is 5.42. The highest BCUT2D eigenvalue weighted by atomic mass is 32.1. The predicted octanol–water partition coefficient (Wildman–Crippen LogP) is 2.91. The third-order valence-corrected chi connectivity index (χ3v) is 4.00. The van der Waals surface area contributed by atoms with Crippen LogP contribution in [0.15, 0.2) is 30.3 Å². The molecule has 0 atom stereocenters. The summed E-state index contributed by atoms with van der Waals surface area (Å²) in [6.45, 7) is 1.69. The van der Waals surface area contributed by atoms with Crippen molar-refractivity contribution in [2.24, 2.45) is 0 Å². The van der Waals surface area contributed by atoms with Gasteiger partial charge in [-0.3, -0.25) is 4.57 Å². The fraction of sp³-hybridized carbons (Fsp3) is 0.357. The van der Waals surface area contributed by atoms with E-state index in [-0.39, 0.29) is 0 Å². The van der Waals surface area contributed by atoms with E-state index in [1.807, 2.05) is 22.8 Å². The zero-order valence-electron chi connectivity index (χ0n) is 10.2. The van der Waals surface area contributed by atoms with Gasteiger partial charge in [0.05, 0.1) is 5.69 Å². The molecular weight excluding hydrogens is 244 g/mol. The van der Waals surface area contributed by atoms with E-state index in [9.17, 15) is 5.11 Å². The lowest BCUT2D eigenvalue weighted by Crippen LogP contribution is -2.03. The highest BCUT2D eigenvalue weighted by Crippen LogP contribution is 2.27. The maximum atomic E-state index is 10.2. The molecule has 1 N–H and O–H groups in total. The van der Waals surface area contributed by atoms with Crippen LogP contribution < -0.4 is 0 Å². The summed E-state index contributed by atoms with van der Waals surface area (Å²) in [4.78, 5) is 0. The summed E-state index contributed by atoms with van der Waals surface area (Å²) < 4.78 is 4.68. The van der Waals surface area contributed by atoms with E-state index in [2.05, 4.69) is 16.7 Å². The minimum absolute atomic E-state index is 0.369. The molecule has 1 aromatic carbocycles. The molecule has 18 heavy (non-hydrogen) atoms. The quantitative estimate of drug-likeness (QED) is 0.860. The standard InChI is InChI=1S/C14H16N2OS/c17-13-12-7-4-9-15(12)14(18)16(13)10-8-11-5-2-1-3-6-11/h1-3,5-6,17H,4,7-10H2. The van der Waals surface area contributed by atoms with Gasteiger partial charge >= 0.3 is 0 Å². The summed E-state index contributed by atoms with van der Waals surface area (Å²) in [6, 6.07) is 10.3. The molecule has 0 saturated heterocycles. The average molecular weight is 260 g/mol. The zero-order chi connectivity index (χ0) is 12.5. The van der Waals surface area contributed by atoms with Crippen molar-refractivity contribution < 1.29 is 5.11 Å². The molecule has 3 nitrogen and oxygen atoms in total. The molecule has 94 valence electrons. The van der Waals surface area contributed by atoms with Crippen LogP contribution in [0.25, 0.3) is 0 Å². The minimum atomic E-state index is 0.369. The number of hydrogen-bond acceptors (Lipinski definition) is 2. The Balaban J connectivity index is 1.84. The van der Waals surface area contributed by atoms with E-state index in [0.29, 0.717) is 5.88 Å². The second-order valence-electron chi connectivity index (χ2n) is 4.70. The van der Waals surface area contributed by atoms with Crippen molar-refractivity contribution in [2.75, 3.05) is 0 Å². The molecule has 3 rings (SSSR count). The van der Waals surface area contributed by atoms with Gasteiger partial charge in [0.15, 0.2) is 4.77 Å². The molecule has 0 bridgehead atoms. The largest absolute Gasteiger partial charge is 0.493 e. The molecule has 0 spiro atoms. The first kappa shape index (κ1) is 11.5. The average Bonchev–Trinajstić information content (AvgIpc) is 2.95. The van der Waals surface area contributed by atoms with E-state index >= 15 is 0 Å². The molecule has 4 heteroatoms. The third kappa shape index (κ3) is 1.86. The highest BCUT2D eigenvalue weighted by molar-refractivity contribution is 7.71. The van der Waals surface area contributed by atoms with E-state index < -0.39 is 0 Å². The number of nitrogens with zero attached hydrogens (tertiary/aromatic N) is 2. The molecule has 2 heterocycles. The lowest BCUT2D eigenvalue weighted by molar-refractivity contribution is 0.410. The summed E-state index contributed by atoms with van der Waals surface area (Å²) in [5.41, 5.74) is 2.28. The smallest absolute Gasteiger partial charge is 0.213 e. The van der Waals surface area contributed by atoms with Gasteiger partial charge in [0.25, 0.3) is 0 Å². The van der Waals surface area contributed by atoms with Crippen molar-refractivity contribution in [3.8, 4) is 5.88 Å². The van der Waals surface area contributed by atoms with Gasteiger partial charge < -0.3 is 9.67 Å². The molecule has 0 aliphatic carbocycles. The molecule has 1 aliphatic rings. The Labute approximate surface area is 111 Å². The fourth-order valence-corrected chi connectivity index (χ4v) is 2.98. The number of aromatic nitrogens is 2. The molecule has 1 aliphatic heterocycles. The maximum Gasteiger partial charge on any atom is 0.213 e. The van der Waals surface area contributed by atoms with Crippen LogP contribution in [-0.2, 0) is 25.9 Å². The second kappa shape index (κ2) is 4.61. The van der Waals surface area contributed by atoms with Crippen molar-refractivity contribution in [2.45, 2.75) is 32.4 Å². The van der Waals surface area contributed by atoms with Crippen LogP contribution in [0.4, 0.5) is 0 Å². The molecule has 0 fully saturated rings. The number of imidazole rings is 1.